The van der Waals surface area contributed by atoms with Crippen molar-refractivity contribution >= 4 is 21.6 Å². The lowest BCUT2D eigenvalue weighted by Crippen LogP contribution is -2.28. The van der Waals surface area contributed by atoms with Crippen LogP contribution >= 0.6 is 0 Å². The summed E-state index contributed by atoms with van der Waals surface area (Å²) < 4.78 is 32.3. The first-order valence-electron chi connectivity index (χ1n) is 9.83. The van der Waals surface area contributed by atoms with Gasteiger partial charge in [0, 0.05) is 18.2 Å². The summed E-state index contributed by atoms with van der Waals surface area (Å²) in [5, 5.41) is 2.95. The van der Waals surface area contributed by atoms with Crippen LogP contribution in [0.15, 0.2) is 77.7 Å². The van der Waals surface area contributed by atoms with Gasteiger partial charge in [-0.2, -0.15) is 0 Å². The van der Waals surface area contributed by atoms with Gasteiger partial charge in [0.15, 0.2) is 0 Å². The molecule has 6 nitrogen and oxygen atoms in total. The Hall–Kier alpha value is -3.32. The maximum absolute atomic E-state index is 12.9. The zero-order chi connectivity index (χ0) is 22.6. The Kier molecular flexibility index (Phi) is 6.65. The zero-order valence-electron chi connectivity index (χ0n) is 18.0. The number of carbonyl (C=O) groups excluding carboxylic acids is 1. The number of nitrogens with one attached hydrogen (secondary N) is 1. The molecule has 0 spiro atoms. The van der Waals surface area contributed by atoms with E-state index >= 15 is 0 Å². The molecule has 0 heterocycles. The van der Waals surface area contributed by atoms with E-state index in [1.807, 2.05) is 38.1 Å². The molecule has 0 aliphatic carbocycles. The van der Waals surface area contributed by atoms with Crippen molar-refractivity contribution < 1.29 is 17.9 Å². The van der Waals surface area contributed by atoms with Crippen LogP contribution in [0.3, 0.4) is 0 Å². The standard InChI is InChI=1S/C24H26N2O4S/c1-17-9-15-21(16-10-17)31(28,29)26(3)20-13-11-19(12-14-20)24(27)25-18(2)22-7-5-6-8-23(22)30-4/h5-16,18H,1-4H3,(H,25,27)/t18-/m1/s1. The summed E-state index contributed by atoms with van der Waals surface area (Å²) >= 11 is 0. The summed E-state index contributed by atoms with van der Waals surface area (Å²) in [4.78, 5) is 12.9. The fourth-order valence-electron chi connectivity index (χ4n) is 3.21. The maximum atomic E-state index is 12.9. The summed E-state index contributed by atoms with van der Waals surface area (Å²) in [5.74, 6) is 0.447. The molecule has 1 atom stereocenters. The monoisotopic (exact) mass is 438 g/mol. The maximum Gasteiger partial charge on any atom is 0.264 e. The number of carbonyl (C=O) groups is 1. The summed E-state index contributed by atoms with van der Waals surface area (Å²) in [6.07, 6.45) is 0. The molecule has 0 aliphatic rings. The number of methoxy groups -OCH3 is 1. The molecule has 0 unspecified atom stereocenters. The minimum Gasteiger partial charge on any atom is -0.496 e. The van der Waals surface area contributed by atoms with E-state index < -0.39 is 10.0 Å². The highest BCUT2D eigenvalue weighted by Gasteiger charge is 2.21. The first kappa shape index (κ1) is 22.4. The fourth-order valence-corrected chi connectivity index (χ4v) is 4.41. The topological polar surface area (TPSA) is 75.7 Å². The minimum absolute atomic E-state index is 0.216. The van der Waals surface area contributed by atoms with Gasteiger partial charge < -0.3 is 10.1 Å². The third kappa shape index (κ3) is 4.88. The predicted octanol–water partition coefficient (Wildman–Crippen LogP) is 4.32. The Morgan fingerprint density at radius 2 is 1.58 bits per heavy atom. The molecule has 0 fully saturated rings. The van der Waals surface area contributed by atoms with Crippen molar-refractivity contribution in [3.05, 3.63) is 89.5 Å². The summed E-state index contributed by atoms with van der Waals surface area (Å²) in [6.45, 7) is 3.78. The first-order chi connectivity index (χ1) is 14.7. The molecule has 162 valence electrons. The molecule has 0 bridgehead atoms. The van der Waals surface area contributed by atoms with E-state index in [4.69, 9.17) is 4.74 Å². The summed E-state index contributed by atoms with van der Waals surface area (Å²) in [7, 11) is -0.601. The summed E-state index contributed by atoms with van der Waals surface area (Å²) in [6, 6.07) is 20.4. The van der Waals surface area contributed by atoms with Crippen LogP contribution in [0.4, 0.5) is 5.69 Å². The Labute approximate surface area is 183 Å². The summed E-state index contributed by atoms with van der Waals surface area (Å²) in [5.41, 5.74) is 2.76. The molecule has 0 saturated carbocycles. The van der Waals surface area contributed by atoms with Crippen molar-refractivity contribution in [2.75, 3.05) is 18.5 Å². The average Bonchev–Trinajstić information content (AvgIpc) is 2.78. The van der Waals surface area contributed by atoms with Crippen molar-refractivity contribution in [3.8, 4) is 5.75 Å². The molecule has 0 radical (unpaired) electrons. The molecule has 3 rings (SSSR count). The van der Waals surface area contributed by atoms with Gasteiger partial charge in [-0.25, -0.2) is 8.42 Å². The van der Waals surface area contributed by atoms with Crippen LogP contribution in [-0.4, -0.2) is 28.5 Å². The van der Waals surface area contributed by atoms with Crippen LogP contribution in [0.25, 0.3) is 0 Å². The van der Waals surface area contributed by atoms with E-state index in [-0.39, 0.29) is 16.8 Å². The van der Waals surface area contributed by atoms with Gasteiger partial charge in [-0.1, -0.05) is 35.9 Å². The molecular weight excluding hydrogens is 412 g/mol. The molecule has 0 aliphatic heterocycles. The molecule has 0 saturated heterocycles. The molecule has 31 heavy (non-hydrogen) atoms. The number of hydrogen-bond acceptors (Lipinski definition) is 4. The van der Waals surface area contributed by atoms with E-state index in [2.05, 4.69) is 5.32 Å². The van der Waals surface area contributed by atoms with Crippen molar-refractivity contribution in [3.63, 3.8) is 0 Å². The number of ether oxygens (including phenoxy) is 1. The zero-order valence-corrected chi connectivity index (χ0v) is 18.8. The molecule has 7 heteroatoms. The second-order valence-corrected chi connectivity index (χ2v) is 9.24. The minimum atomic E-state index is -3.69. The van der Waals surface area contributed by atoms with Crippen molar-refractivity contribution in [1.29, 1.82) is 0 Å². The van der Waals surface area contributed by atoms with Gasteiger partial charge in [0.05, 0.1) is 23.7 Å². The van der Waals surface area contributed by atoms with E-state index in [1.165, 1.54) is 11.4 Å². The van der Waals surface area contributed by atoms with Crippen molar-refractivity contribution in [1.82, 2.24) is 5.32 Å². The smallest absolute Gasteiger partial charge is 0.264 e. The van der Waals surface area contributed by atoms with E-state index in [0.29, 0.717) is 17.0 Å². The second-order valence-electron chi connectivity index (χ2n) is 7.27. The van der Waals surface area contributed by atoms with Gasteiger partial charge in [-0.15, -0.1) is 0 Å². The van der Waals surface area contributed by atoms with Crippen LogP contribution in [0.5, 0.6) is 5.75 Å². The number of benzene rings is 3. The Bertz CT molecular complexity index is 1160. The quantitative estimate of drug-likeness (QED) is 0.596. The van der Waals surface area contributed by atoms with Gasteiger partial charge in [0.1, 0.15) is 5.75 Å². The van der Waals surface area contributed by atoms with Crippen LogP contribution in [0.1, 0.15) is 34.5 Å². The fraction of sp³-hybridized carbons (Fsp3) is 0.208. The van der Waals surface area contributed by atoms with Gasteiger partial charge >= 0.3 is 0 Å². The van der Waals surface area contributed by atoms with Crippen molar-refractivity contribution in [2.45, 2.75) is 24.8 Å². The van der Waals surface area contributed by atoms with E-state index in [0.717, 1.165) is 11.1 Å². The number of amides is 1. The lowest BCUT2D eigenvalue weighted by molar-refractivity contribution is 0.0939. The third-order valence-corrected chi connectivity index (χ3v) is 6.93. The Morgan fingerprint density at radius 3 is 2.19 bits per heavy atom. The van der Waals surface area contributed by atoms with Gasteiger partial charge in [-0.3, -0.25) is 9.10 Å². The van der Waals surface area contributed by atoms with Gasteiger partial charge in [0.25, 0.3) is 15.9 Å². The third-order valence-electron chi connectivity index (χ3n) is 5.13. The number of aryl methyl sites for hydroxylation is 1. The van der Waals surface area contributed by atoms with Crippen molar-refractivity contribution in [2.24, 2.45) is 0 Å². The molecule has 0 aromatic heterocycles. The van der Waals surface area contributed by atoms with Crippen LogP contribution in [0, 0.1) is 6.92 Å². The highest BCUT2D eigenvalue weighted by Crippen LogP contribution is 2.25. The van der Waals surface area contributed by atoms with E-state index in [1.54, 1.807) is 55.6 Å². The normalized spacial score (nSPS) is 12.1. The van der Waals surface area contributed by atoms with Gasteiger partial charge in [0.2, 0.25) is 0 Å². The first-order valence-corrected chi connectivity index (χ1v) is 11.3. The predicted molar refractivity (Wildman–Crippen MR) is 122 cm³/mol. The Morgan fingerprint density at radius 1 is 0.968 bits per heavy atom. The second kappa shape index (κ2) is 9.22. The SMILES string of the molecule is COc1ccccc1[C@@H](C)NC(=O)c1ccc(N(C)S(=O)(=O)c2ccc(C)cc2)cc1. The molecular formula is C24H26N2O4S. The number of sulfonamides is 1. The largest absolute Gasteiger partial charge is 0.496 e. The molecule has 1 amide bonds. The highest BCUT2D eigenvalue weighted by molar-refractivity contribution is 7.92. The number of para-hydroxylation sites is 1. The number of rotatable bonds is 7. The Balaban J connectivity index is 1.74. The average molecular weight is 439 g/mol. The number of hydrogen-bond donors (Lipinski definition) is 1. The molecule has 1 N–H and O–H groups in total. The molecule has 3 aromatic carbocycles. The number of nitrogens with zero attached hydrogens (tertiary/aromatic N) is 1. The van der Waals surface area contributed by atoms with E-state index in [9.17, 15) is 13.2 Å². The van der Waals surface area contributed by atoms with Gasteiger partial charge in [-0.05, 0) is 56.3 Å². The highest BCUT2D eigenvalue weighted by atomic mass is 32.2. The van der Waals surface area contributed by atoms with Crippen LogP contribution in [-0.2, 0) is 10.0 Å². The molecule has 3 aromatic rings. The van der Waals surface area contributed by atoms with Crippen LogP contribution < -0.4 is 14.4 Å². The van der Waals surface area contributed by atoms with Crippen LogP contribution in [0.2, 0.25) is 0 Å². The lowest BCUT2D eigenvalue weighted by atomic mass is 10.1. The lowest BCUT2D eigenvalue weighted by Gasteiger charge is -2.20. The number of anilines is 1.